The molecular weight excluding hydrogens is 262 g/mol. The molecule has 2 N–H and O–H groups in total. The van der Waals surface area contributed by atoms with Gasteiger partial charge in [0.15, 0.2) is 0 Å². The topological polar surface area (TPSA) is 52.3 Å². The predicted molar refractivity (Wildman–Crippen MR) is 85.8 cm³/mol. The number of esters is 1. The molecule has 21 heavy (non-hydrogen) atoms. The third kappa shape index (κ3) is 4.23. The minimum Gasteiger partial charge on any atom is -0.462 e. The normalized spacial score (nSPS) is 25.8. The van der Waals surface area contributed by atoms with Crippen molar-refractivity contribution in [2.24, 2.45) is 17.8 Å². The van der Waals surface area contributed by atoms with Gasteiger partial charge in [0.25, 0.3) is 0 Å². The van der Waals surface area contributed by atoms with Gasteiger partial charge in [0, 0.05) is 5.69 Å². The van der Waals surface area contributed by atoms with Crippen molar-refractivity contribution in [1.82, 2.24) is 0 Å². The van der Waals surface area contributed by atoms with Gasteiger partial charge in [-0.15, -0.1) is 0 Å². The predicted octanol–water partition coefficient (Wildman–Crippen LogP) is 3.82. The summed E-state index contributed by atoms with van der Waals surface area (Å²) in [4.78, 5) is 12.2. The van der Waals surface area contributed by atoms with E-state index in [1.807, 2.05) is 24.3 Å². The Labute approximate surface area is 127 Å². The Balaban J connectivity index is 1.98. The van der Waals surface area contributed by atoms with Crippen LogP contribution in [0.15, 0.2) is 24.3 Å². The molecule has 0 aromatic heterocycles. The zero-order valence-electron chi connectivity index (χ0n) is 13.3. The van der Waals surface area contributed by atoms with Gasteiger partial charge in [-0.2, -0.15) is 0 Å². The van der Waals surface area contributed by atoms with Crippen LogP contribution in [-0.2, 0) is 16.0 Å². The van der Waals surface area contributed by atoms with E-state index < -0.39 is 0 Å². The van der Waals surface area contributed by atoms with Crippen LogP contribution in [0.4, 0.5) is 5.69 Å². The molecule has 0 amide bonds. The molecule has 3 atom stereocenters. The van der Waals surface area contributed by atoms with E-state index in [0.29, 0.717) is 23.4 Å². The number of nitrogens with two attached hydrogens (primary N) is 1. The Morgan fingerprint density at radius 3 is 2.71 bits per heavy atom. The van der Waals surface area contributed by atoms with Gasteiger partial charge in [-0.3, -0.25) is 4.79 Å². The fourth-order valence-electron chi connectivity index (χ4n) is 3.31. The highest BCUT2D eigenvalue weighted by Gasteiger charge is 2.33. The molecular formula is C18H27NO2. The number of rotatable bonds is 4. The van der Waals surface area contributed by atoms with Gasteiger partial charge >= 0.3 is 5.97 Å². The number of para-hydroxylation sites is 1. The lowest BCUT2D eigenvalue weighted by atomic mass is 9.75. The van der Waals surface area contributed by atoms with Gasteiger partial charge in [0.1, 0.15) is 6.10 Å². The Morgan fingerprint density at radius 2 is 2.05 bits per heavy atom. The van der Waals surface area contributed by atoms with E-state index in [9.17, 15) is 4.79 Å². The van der Waals surface area contributed by atoms with Crippen LogP contribution in [0, 0.1) is 17.8 Å². The Bertz CT molecular complexity index is 484. The zero-order valence-corrected chi connectivity index (χ0v) is 13.3. The average Bonchev–Trinajstić information content (AvgIpc) is 2.41. The summed E-state index contributed by atoms with van der Waals surface area (Å²) in [6.07, 6.45) is 3.71. The minimum atomic E-state index is -0.155. The molecule has 0 aliphatic heterocycles. The van der Waals surface area contributed by atoms with Crippen molar-refractivity contribution < 1.29 is 9.53 Å². The molecule has 1 aliphatic carbocycles. The third-order valence-corrected chi connectivity index (χ3v) is 4.63. The molecule has 1 saturated carbocycles. The van der Waals surface area contributed by atoms with Crippen LogP contribution in [0.3, 0.4) is 0 Å². The molecule has 0 saturated heterocycles. The molecule has 1 aliphatic rings. The quantitative estimate of drug-likeness (QED) is 0.677. The van der Waals surface area contributed by atoms with Gasteiger partial charge in [-0.05, 0) is 42.2 Å². The maximum absolute atomic E-state index is 12.2. The molecule has 0 bridgehead atoms. The van der Waals surface area contributed by atoms with Crippen molar-refractivity contribution in [3.05, 3.63) is 29.8 Å². The highest BCUT2D eigenvalue weighted by molar-refractivity contribution is 5.75. The number of hydrogen-bond acceptors (Lipinski definition) is 3. The van der Waals surface area contributed by atoms with Crippen molar-refractivity contribution in [2.75, 3.05) is 5.73 Å². The molecule has 0 spiro atoms. The average molecular weight is 289 g/mol. The number of ether oxygens (including phenoxy) is 1. The van der Waals surface area contributed by atoms with E-state index in [0.717, 1.165) is 18.4 Å². The van der Waals surface area contributed by atoms with Crippen LogP contribution >= 0.6 is 0 Å². The largest absolute Gasteiger partial charge is 0.462 e. The Hall–Kier alpha value is -1.51. The molecule has 116 valence electrons. The van der Waals surface area contributed by atoms with Crippen LogP contribution in [0.2, 0.25) is 0 Å². The Kier molecular flexibility index (Phi) is 5.27. The molecule has 1 aromatic rings. The van der Waals surface area contributed by atoms with Crippen molar-refractivity contribution in [2.45, 2.75) is 52.6 Å². The summed E-state index contributed by atoms with van der Waals surface area (Å²) in [7, 11) is 0. The first-order valence-electron chi connectivity index (χ1n) is 8.00. The first-order chi connectivity index (χ1) is 9.97. The summed E-state index contributed by atoms with van der Waals surface area (Å²) in [5.74, 6) is 1.52. The fourth-order valence-corrected chi connectivity index (χ4v) is 3.31. The fraction of sp³-hybridized carbons (Fsp3) is 0.611. The van der Waals surface area contributed by atoms with E-state index >= 15 is 0 Å². The van der Waals surface area contributed by atoms with Gasteiger partial charge in [0.2, 0.25) is 0 Å². The van der Waals surface area contributed by atoms with Crippen LogP contribution in [0.1, 0.15) is 45.6 Å². The molecule has 1 fully saturated rings. The van der Waals surface area contributed by atoms with Crippen LogP contribution in [0.25, 0.3) is 0 Å². The van der Waals surface area contributed by atoms with E-state index in [-0.39, 0.29) is 18.5 Å². The molecule has 1 aromatic carbocycles. The van der Waals surface area contributed by atoms with E-state index in [2.05, 4.69) is 20.8 Å². The van der Waals surface area contributed by atoms with Gasteiger partial charge in [0.05, 0.1) is 6.42 Å². The molecule has 3 nitrogen and oxygen atoms in total. The summed E-state index contributed by atoms with van der Waals surface area (Å²) in [5.41, 5.74) is 7.41. The van der Waals surface area contributed by atoms with E-state index in [1.165, 1.54) is 6.42 Å². The van der Waals surface area contributed by atoms with Crippen LogP contribution in [-0.4, -0.2) is 12.1 Å². The van der Waals surface area contributed by atoms with Crippen LogP contribution in [0.5, 0.6) is 0 Å². The Morgan fingerprint density at radius 1 is 1.33 bits per heavy atom. The van der Waals surface area contributed by atoms with Crippen molar-refractivity contribution >= 4 is 11.7 Å². The number of benzene rings is 1. The standard InChI is InChI=1S/C18H27NO2/c1-12(2)15-9-8-13(3)10-17(15)21-18(20)11-14-6-4-5-7-16(14)19/h4-7,12-13,15,17H,8-11,19H2,1-3H3/t13-,15+,17-/m1/s1. The number of nitrogen functional groups attached to an aromatic ring is 1. The number of hydrogen-bond donors (Lipinski definition) is 1. The summed E-state index contributed by atoms with van der Waals surface area (Å²) in [5, 5.41) is 0. The van der Waals surface area contributed by atoms with Crippen molar-refractivity contribution in [1.29, 1.82) is 0 Å². The molecule has 2 rings (SSSR count). The van der Waals surface area contributed by atoms with Crippen LogP contribution < -0.4 is 5.73 Å². The summed E-state index contributed by atoms with van der Waals surface area (Å²) >= 11 is 0. The number of anilines is 1. The molecule has 3 heteroatoms. The number of carbonyl (C=O) groups is 1. The van der Waals surface area contributed by atoms with Gasteiger partial charge < -0.3 is 10.5 Å². The first kappa shape index (κ1) is 15.9. The maximum Gasteiger partial charge on any atom is 0.310 e. The monoisotopic (exact) mass is 289 g/mol. The summed E-state index contributed by atoms with van der Waals surface area (Å²) in [6.45, 7) is 6.68. The number of carbonyl (C=O) groups excluding carboxylic acids is 1. The van der Waals surface area contributed by atoms with Crippen molar-refractivity contribution in [3.63, 3.8) is 0 Å². The SMILES string of the molecule is CC(C)[C@@H]1CC[C@@H](C)C[C@H]1OC(=O)Cc1ccccc1N. The minimum absolute atomic E-state index is 0.0613. The lowest BCUT2D eigenvalue weighted by molar-refractivity contribution is -0.155. The van der Waals surface area contributed by atoms with Gasteiger partial charge in [-0.25, -0.2) is 0 Å². The lowest BCUT2D eigenvalue weighted by Crippen LogP contribution is -2.36. The van der Waals surface area contributed by atoms with Crippen molar-refractivity contribution in [3.8, 4) is 0 Å². The summed E-state index contributed by atoms with van der Waals surface area (Å²) < 4.78 is 5.80. The molecule has 0 radical (unpaired) electrons. The highest BCUT2D eigenvalue weighted by atomic mass is 16.5. The first-order valence-corrected chi connectivity index (χ1v) is 8.00. The maximum atomic E-state index is 12.2. The third-order valence-electron chi connectivity index (χ3n) is 4.63. The van der Waals surface area contributed by atoms with Gasteiger partial charge in [-0.1, -0.05) is 45.4 Å². The second-order valence-electron chi connectivity index (χ2n) is 6.73. The summed E-state index contributed by atoms with van der Waals surface area (Å²) in [6, 6.07) is 7.49. The second kappa shape index (κ2) is 6.97. The van der Waals surface area contributed by atoms with E-state index in [4.69, 9.17) is 10.5 Å². The molecule has 0 heterocycles. The highest BCUT2D eigenvalue weighted by Crippen LogP contribution is 2.35. The van der Waals surface area contributed by atoms with E-state index in [1.54, 1.807) is 0 Å². The zero-order chi connectivity index (χ0) is 15.4. The molecule has 0 unspecified atom stereocenters. The second-order valence-corrected chi connectivity index (χ2v) is 6.73. The lowest BCUT2D eigenvalue weighted by Gasteiger charge is -2.36. The smallest absolute Gasteiger partial charge is 0.310 e.